The summed E-state index contributed by atoms with van der Waals surface area (Å²) >= 11 is 0. The molecule has 1 fully saturated rings. The lowest BCUT2D eigenvalue weighted by Gasteiger charge is -2.25. The van der Waals surface area contributed by atoms with Crippen LogP contribution in [-0.4, -0.2) is 29.1 Å². The summed E-state index contributed by atoms with van der Waals surface area (Å²) in [5, 5.41) is 4.99. The quantitative estimate of drug-likeness (QED) is 0.717. The highest BCUT2D eigenvalue weighted by atomic mass is 16.5. The van der Waals surface area contributed by atoms with Gasteiger partial charge in [0.1, 0.15) is 5.52 Å². The number of carbonyl (C=O) groups is 1. The van der Waals surface area contributed by atoms with Crippen LogP contribution in [0.4, 0.5) is 0 Å². The van der Waals surface area contributed by atoms with E-state index in [-0.39, 0.29) is 11.9 Å². The van der Waals surface area contributed by atoms with Gasteiger partial charge in [-0.3, -0.25) is 4.79 Å². The lowest BCUT2D eigenvalue weighted by atomic mass is 10.0. The van der Waals surface area contributed by atoms with Crippen molar-refractivity contribution in [2.45, 2.75) is 25.8 Å². The number of aromatic nitrogens is 1. The summed E-state index contributed by atoms with van der Waals surface area (Å²) in [6.45, 7) is 2.13. The number of rotatable bonds is 4. The highest BCUT2D eigenvalue weighted by Crippen LogP contribution is 2.35. The summed E-state index contributed by atoms with van der Waals surface area (Å²) in [7, 11) is 1.89. The fourth-order valence-corrected chi connectivity index (χ4v) is 3.16. The van der Waals surface area contributed by atoms with E-state index in [1.54, 1.807) is 0 Å². The number of benzene rings is 2. The van der Waals surface area contributed by atoms with Gasteiger partial charge in [-0.15, -0.1) is 0 Å². The second kappa shape index (κ2) is 5.78. The Morgan fingerprint density at radius 3 is 2.67 bits per heavy atom. The van der Waals surface area contributed by atoms with E-state index in [0.29, 0.717) is 17.2 Å². The number of fused-ring (bicyclic) bond motifs is 1. The summed E-state index contributed by atoms with van der Waals surface area (Å²) in [6, 6.07) is 15.7. The smallest absolute Gasteiger partial charge is 0.253 e. The molecule has 1 aliphatic carbocycles. The Bertz CT molecular complexity index is 881. The molecule has 1 amide bonds. The van der Waals surface area contributed by atoms with Gasteiger partial charge in [0.15, 0.2) is 5.76 Å². The van der Waals surface area contributed by atoms with E-state index < -0.39 is 0 Å². The van der Waals surface area contributed by atoms with Gasteiger partial charge >= 0.3 is 0 Å². The Labute approximate surface area is 141 Å². The normalized spacial score (nSPS) is 15.4. The highest BCUT2D eigenvalue weighted by molar-refractivity contribution is 6.01. The Kier molecular flexibility index (Phi) is 3.60. The van der Waals surface area contributed by atoms with Crippen LogP contribution in [0.25, 0.3) is 22.2 Å². The molecule has 1 saturated carbocycles. The van der Waals surface area contributed by atoms with Crippen LogP contribution in [0.1, 0.15) is 30.1 Å². The van der Waals surface area contributed by atoms with Crippen LogP contribution in [0.2, 0.25) is 0 Å². The minimum absolute atomic E-state index is 0.0523. The molecular weight excluding hydrogens is 300 g/mol. The molecular formula is C20H20N2O2. The molecule has 1 heterocycles. The molecule has 4 rings (SSSR count). The highest BCUT2D eigenvalue weighted by Gasteiger charge is 2.32. The van der Waals surface area contributed by atoms with Crippen LogP contribution in [-0.2, 0) is 0 Å². The predicted molar refractivity (Wildman–Crippen MR) is 93.7 cm³/mol. The van der Waals surface area contributed by atoms with Crippen molar-refractivity contribution in [2.24, 2.45) is 5.92 Å². The number of hydrogen-bond acceptors (Lipinski definition) is 3. The maximum atomic E-state index is 12.8. The van der Waals surface area contributed by atoms with E-state index in [1.807, 2.05) is 60.5 Å². The van der Waals surface area contributed by atoms with Crippen molar-refractivity contribution in [1.82, 2.24) is 10.1 Å². The lowest BCUT2D eigenvalue weighted by Crippen LogP contribution is -2.36. The van der Waals surface area contributed by atoms with Crippen molar-refractivity contribution in [3.8, 4) is 11.3 Å². The van der Waals surface area contributed by atoms with E-state index in [1.165, 1.54) is 12.8 Å². The maximum absolute atomic E-state index is 12.8. The topological polar surface area (TPSA) is 46.3 Å². The first-order valence-corrected chi connectivity index (χ1v) is 8.37. The molecule has 0 aliphatic heterocycles. The molecule has 122 valence electrons. The van der Waals surface area contributed by atoms with Crippen LogP contribution < -0.4 is 0 Å². The van der Waals surface area contributed by atoms with E-state index in [4.69, 9.17) is 4.52 Å². The van der Waals surface area contributed by atoms with E-state index in [9.17, 15) is 4.79 Å². The first kappa shape index (κ1) is 14.9. The zero-order chi connectivity index (χ0) is 16.7. The average Bonchev–Trinajstić information content (AvgIpc) is 3.39. The third-order valence-electron chi connectivity index (χ3n) is 4.99. The Morgan fingerprint density at radius 2 is 1.96 bits per heavy atom. The lowest BCUT2D eigenvalue weighted by molar-refractivity contribution is 0.0727. The summed E-state index contributed by atoms with van der Waals surface area (Å²) in [4.78, 5) is 14.7. The van der Waals surface area contributed by atoms with Gasteiger partial charge in [-0.25, -0.2) is 0 Å². The number of amides is 1. The molecule has 24 heavy (non-hydrogen) atoms. The summed E-state index contributed by atoms with van der Waals surface area (Å²) in [5.41, 5.74) is 2.41. The van der Waals surface area contributed by atoms with Crippen LogP contribution >= 0.6 is 0 Å². The van der Waals surface area contributed by atoms with Gasteiger partial charge in [-0.05, 0) is 43.9 Å². The maximum Gasteiger partial charge on any atom is 0.253 e. The molecule has 1 aromatic heterocycles. The second-order valence-corrected chi connectivity index (χ2v) is 6.60. The van der Waals surface area contributed by atoms with Gasteiger partial charge in [-0.1, -0.05) is 35.5 Å². The molecule has 2 aromatic carbocycles. The molecule has 0 bridgehead atoms. The Balaban J connectivity index is 1.71. The van der Waals surface area contributed by atoms with Crippen LogP contribution in [0.15, 0.2) is 53.1 Å². The molecule has 0 spiro atoms. The van der Waals surface area contributed by atoms with Gasteiger partial charge < -0.3 is 9.42 Å². The van der Waals surface area contributed by atoms with Gasteiger partial charge in [0.05, 0.1) is 5.39 Å². The van der Waals surface area contributed by atoms with Crippen LogP contribution in [0, 0.1) is 5.92 Å². The summed E-state index contributed by atoms with van der Waals surface area (Å²) < 4.78 is 5.52. The SMILES string of the molecule is CC(C1CC1)N(C)C(=O)c1ccc2noc(-c3ccccc3)c2c1. The fourth-order valence-electron chi connectivity index (χ4n) is 3.16. The van der Waals surface area contributed by atoms with Crippen LogP contribution in [0.3, 0.4) is 0 Å². The number of hydrogen-bond donors (Lipinski definition) is 0. The molecule has 0 radical (unpaired) electrons. The molecule has 4 heteroatoms. The van der Waals surface area contributed by atoms with E-state index in [2.05, 4.69) is 12.1 Å². The number of carbonyl (C=O) groups excluding carboxylic acids is 1. The zero-order valence-corrected chi connectivity index (χ0v) is 13.9. The van der Waals surface area contributed by atoms with Crippen molar-refractivity contribution in [2.75, 3.05) is 7.05 Å². The van der Waals surface area contributed by atoms with Crippen LogP contribution in [0.5, 0.6) is 0 Å². The van der Waals surface area contributed by atoms with Crippen molar-refractivity contribution < 1.29 is 9.32 Å². The molecule has 0 saturated heterocycles. The molecule has 1 unspecified atom stereocenters. The minimum atomic E-state index is 0.0523. The Morgan fingerprint density at radius 1 is 1.21 bits per heavy atom. The average molecular weight is 320 g/mol. The molecule has 1 aliphatic rings. The Hall–Kier alpha value is -2.62. The van der Waals surface area contributed by atoms with Gasteiger partial charge in [0.2, 0.25) is 0 Å². The molecule has 0 N–H and O–H groups in total. The zero-order valence-electron chi connectivity index (χ0n) is 13.9. The number of nitrogens with zero attached hydrogens (tertiary/aromatic N) is 2. The van der Waals surface area contributed by atoms with Crippen molar-refractivity contribution >= 4 is 16.8 Å². The van der Waals surface area contributed by atoms with Crippen molar-refractivity contribution in [1.29, 1.82) is 0 Å². The predicted octanol–water partition coefficient (Wildman–Crippen LogP) is 4.37. The van der Waals surface area contributed by atoms with Gasteiger partial charge in [0, 0.05) is 24.2 Å². The molecule has 3 aromatic rings. The third kappa shape index (κ3) is 2.58. The standard InChI is InChI=1S/C20H20N2O2/c1-13(14-8-9-14)22(2)20(23)16-10-11-18-17(12-16)19(24-21-18)15-6-4-3-5-7-15/h3-7,10-14H,8-9H2,1-2H3. The van der Waals surface area contributed by atoms with Crippen molar-refractivity contribution in [3.63, 3.8) is 0 Å². The third-order valence-corrected chi connectivity index (χ3v) is 4.99. The fraction of sp³-hybridized carbons (Fsp3) is 0.300. The van der Waals surface area contributed by atoms with Gasteiger partial charge in [-0.2, -0.15) is 0 Å². The second-order valence-electron chi connectivity index (χ2n) is 6.60. The van der Waals surface area contributed by atoms with E-state index in [0.717, 1.165) is 16.5 Å². The van der Waals surface area contributed by atoms with Crippen molar-refractivity contribution in [3.05, 3.63) is 54.1 Å². The molecule has 1 atom stereocenters. The summed E-state index contributed by atoms with van der Waals surface area (Å²) in [5.74, 6) is 1.41. The van der Waals surface area contributed by atoms with Gasteiger partial charge in [0.25, 0.3) is 5.91 Å². The minimum Gasteiger partial charge on any atom is -0.355 e. The largest absolute Gasteiger partial charge is 0.355 e. The molecule has 4 nitrogen and oxygen atoms in total. The van der Waals surface area contributed by atoms with E-state index >= 15 is 0 Å². The summed E-state index contributed by atoms with van der Waals surface area (Å²) in [6.07, 6.45) is 2.45. The monoisotopic (exact) mass is 320 g/mol. The first-order valence-electron chi connectivity index (χ1n) is 8.37. The first-order chi connectivity index (χ1) is 11.6.